The fraction of sp³-hybridized carbons (Fsp3) is 0.933. The summed E-state index contributed by atoms with van der Waals surface area (Å²) in [7, 11) is 0. The van der Waals surface area contributed by atoms with Gasteiger partial charge in [-0.2, -0.15) is 0 Å². The van der Waals surface area contributed by atoms with Crippen LogP contribution in [0.3, 0.4) is 0 Å². The Bertz CT molecular complexity index is 291. The van der Waals surface area contributed by atoms with Crippen molar-refractivity contribution in [3.05, 3.63) is 0 Å². The van der Waals surface area contributed by atoms with Crippen molar-refractivity contribution in [3.63, 3.8) is 0 Å². The first-order valence-corrected chi connectivity index (χ1v) is 7.45. The van der Waals surface area contributed by atoms with Crippen LogP contribution in [-0.4, -0.2) is 48.4 Å². The number of rotatable bonds is 5. The highest BCUT2D eigenvalue weighted by atomic mass is 16.2. The molecule has 0 aromatic rings. The zero-order valence-electron chi connectivity index (χ0n) is 12.4. The molecule has 104 valence electrons. The molecule has 0 saturated carbocycles. The fourth-order valence-corrected chi connectivity index (χ4v) is 2.97. The summed E-state index contributed by atoms with van der Waals surface area (Å²) in [6, 6.07) is 0. The average molecular weight is 252 g/mol. The van der Waals surface area contributed by atoms with Crippen LogP contribution in [0.5, 0.6) is 0 Å². The lowest BCUT2D eigenvalue weighted by molar-refractivity contribution is -0.136. The van der Waals surface area contributed by atoms with E-state index in [0.717, 1.165) is 36.8 Å². The van der Waals surface area contributed by atoms with Gasteiger partial charge in [0.05, 0.1) is 0 Å². The molecular formula is C15H28N2O. The SMILES string of the molecule is CC(=O)N1CC(C(C)CCN2CC(C(C)C)C2)C1. The van der Waals surface area contributed by atoms with E-state index < -0.39 is 0 Å². The van der Waals surface area contributed by atoms with Crippen LogP contribution in [0.15, 0.2) is 0 Å². The number of amides is 1. The highest BCUT2D eigenvalue weighted by Crippen LogP contribution is 2.28. The van der Waals surface area contributed by atoms with Crippen LogP contribution in [0.2, 0.25) is 0 Å². The number of nitrogens with zero attached hydrogens (tertiary/aromatic N) is 2. The molecule has 2 saturated heterocycles. The van der Waals surface area contributed by atoms with E-state index in [9.17, 15) is 4.79 Å². The number of hydrogen-bond acceptors (Lipinski definition) is 2. The van der Waals surface area contributed by atoms with E-state index in [-0.39, 0.29) is 5.91 Å². The molecule has 2 aliphatic heterocycles. The van der Waals surface area contributed by atoms with E-state index in [4.69, 9.17) is 0 Å². The Labute approximate surface area is 112 Å². The third kappa shape index (κ3) is 3.05. The minimum absolute atomic E-state index is 0.237. The summed E-state index contributed by atoms with van der Waals surface area (Å²) in [6.07, 6.45) is 1.29. The number of carbonyl (C=O) groups is 1. The van der Waals surface area contributed by atoms with Crippen molar-refractivity contribution >= 4 is 5.91 Å². The predicted octanol–water partition coefficient (Wildman–Crippen LogP) is 2.08. The first-order chi connectivity index (χ1) is 8.47. The van der Waals surface area contributed by atoms with E-state index in [1.54, 1.807) is 6.92 Å². The van der Waals surface area contributed by atoms with Crippen LogP contribution < -0.4 is 0 Å². The Kier molecular flexibility index (Phi) is 4.31. The van der Waals surface area contributed by atoms with Crippen LogP contribution in [-0.2, 0) is 4.79 Å². The van der Waals surface area contributed by atoms with Gasteiger partial charge in [-0.05, 0) is 36.6 Å². The molecule has 2 fully saturated rings. The van der Waals surface area contributed by atoms with Crippen LogP contribution in [0.4, 0.5) is 0 Å². The molecule has 1 amide bonds. The van der Waals surface area contributed by atoms with E-state index in [0.29, 0.717) is 0 Å². The first kappa shape index (κ1) is 13.9. The maximum Gasteiger partial charge on any atom is 0.219 e. The quantitative estimate of drug-likeness (QED) is 0.748. The molecule has 0 aliphatic carbocycles. The van der Waals surface area contributed by atoms with E-state index in [2.05, 4.69) is 25.7 Å². The molecule has 0 bridgehead atoms. The second kappa shape index (κ2) is 5.60. The second-order valence-electron chi connectivity index (χ2n) is 6.71. The minimum Gasteiger partial charge on any atom is -0.342 e. The lowest BCUT2D eigenvalue weighted by Gasteiger charge is -2.45. The zero-order valence-corrected chi connectivity index (χ0v) is 12.4. The summed E-state index contributed by atoms with van der Waals surface area (Å²) in [5, 5.41) is 0. The summed E-state index contributed by atoms with van der Waals surface area (Å²) in [4.78, 5) is 15.7. The molecule has 0 N–H and O–H groups in total. The van der Waals surface area contributed by atoms with Crippen LogP contribution >= 0.6 is 0 Å². The standard InChI is InChI=1S/C15H28N2O/c1-11(2)14-7-16(8-14)6-5-12(3)15-9-17(10-15)13(4)18/h11-12,14-15H,5-10H2,1-4H3. The molecule has 3 nitrogen and oxygen atoms in total. The van der Waals surface area contributed by atoms with Gasteiger partial charge >= 0.3 is 0 Å². The number of likely N-dealkylation sites (tertiary alicyclic amines) is 2. The Morgan fingerprint density at radius 2 is 1.72 bits per heavy atom. The van der Waals surface area contributed by atoms with Crippen molar-refractivity contribution < 1.29 is 4.79 Å². The molecule has 3 heteroatoms. The number of carbonyl (C=O) groups excluding carboxylic acids is 1. The average Bonchev–Trinajstić information content (AvgIpc) is 2.10. The Balaban J connectivity index is 1.57. The van der Waals surface area contributed by atoms with Crippen LogP contribution in [0.25, 0.3) is 0 Å². The highest BCUT2D eigenvalue weighted by molar-refractivity contribution is 5.74. The fourth-order valence-electron chi connectivity index (χ4n) is 2.97. The van der Waals surface area contributed by atoms with Gasteiger partial charge in [0.25, 0.3) is 0 Å². The van der Waals surface area contributed by atoms with Gasteiger partial charge in [-0.15, -0.1) is 0 Å². The molecule has 18 heavy (non-hydrogen) atoms. The van der Waals surface area contributed by atoms with Crippen molar-refractivity contribution in [1.29, 1.82) is 0 Å². The smallest absolute Gasteiger partial charge is 0.219 e. The van der Waals surface area contributed by atoms with Gasteiger partial charge in [-0.1, -0.05) is 20.8 Å². The summed E-state index contributed by atoms with van der Waals surface area (Å²) >= 11 is 0. The van der Waals surface area contributed by atoms with Crippen molar-refractivity contribution in [1.82, 2.24) is 9.80 Å². The molecule has 2 heterocycles. The van der Waals surface area contributed by atoms with Gasteiger partial charge in [-0.3, -0.25) is 4.79 Å². The van der Waals surface area contributed by atoms with Crippen LogP contribution in [0, 0.1) is 23.7 Å². The number of hydrogen-bond donors (Lipinski definition) is 0. The molecular weight excluding hydrogens is 224 g/mol. The molecule has 0 aromatic carbocycles. The van der Waals surface area contributed by atoms with Gasteiger partial charge in [-0.25, -0.2) is 0 Å². The van der Waals surface area contributed by atoms with Crippen molar-refractivity contribution in [2.24, 2.45) is 23.7 Å². The largest absolute Gasteiger partial charge is 0.342 e. The summed E-state index contributed by atoms with van der Waals surface area (Å²) in [5.41, 5.74) is 0. The van der Waals surface area contributed by atoms with Gasteiger partial charge in [0.2, 0.25) is 5.91 Å². The summed E-state index contributed by atoms with van der Waals surface area (Å²) in [5.74, 6) is 3.52. The van der Waals surface area contributed by atoms with Crippen molar-refractivity contribution in [3.8, 4) is 0 Å². The Hall–Kier alpha value is -0.570. The second-order valence-corrected chi connectivity index (χ2v) is 6.71. The minimum atomic E-state index is 0.237. The molecule has 0 spiro atoms. The van der Waals surface area contributed by atoms with Gasteiger partial charge in [0.1, 0.15) is 0 Å². The maximum atomic E-state index is 11.1. The Morgan fingerprint density at radius 3 is 2.22 bits per heavy atom. The normalized spacial score (nSPS) is 23.9. The third-order valence-electron chi connectivity index (χ3n) is 4.99. The molecule has 0 radical (unpaired) electrons. The Morgan fingerprint density at radius 1 is 1.11 bits per heavy atom. The predicted molar refractivity (Wildman–Crippen MR) is 74.3 cm³/mol. The molecule has 2 aliphatic rings. The molecule has 1 unspecified atom stereocenters. The molecule has 2 rings (SSSR count). The lowest BCUT2D eigenvalue weighted by atomic mass is 9.83. The molecule has 1 atom stereocenters. The zero-order chi connectivity index (χ0) is 13.3. The topological polar surface area (TPSA) is 23.6 Å². The first-order valence-electron chi connectivity index (χ1n) is 7.45. The van der Waals surface area contributed by atoms with Crippen molar-refractivity contribution in [2.75, 3.05) is 32.7 Å². The van der Waals surface area contributed by atoms with Gasteiger partial charge in [0, 0.05) is 33.1 Å². The maximum absolute atomic E-state index is 11.1. The monoisotopic (exact) mass is 252 g/mol. The van der Waals surface area contributed by atoms with Gasteiger partial charge < -0.3 is 9.80 Å². The van der Waals surface area contributed by atoms with E-state index in [1.807, 2.05) is 4.90 Å². The summed E-state index contributed by atoms with van der Waals surface area (Å²) in [6.45, 7) is 14.5. The van der Waals surface area contributed by atoms with Gasteiger partial charge in [0.15, 0.2) is 0 Å². The summed E-state index contributed by atoms with van der Waals surface area (Å²) < 4.78 is 0. The van der Waals surface area contributed by atoms with Crippen LogP contribution in [0.1, 0.15) is 34.1 Å². The third-order valence-corrected chi connectivity index (χ3v) is 4.99. The highest BCUT2D eigenvalue weighted by Gasteiger charge is 2.34. The van der Waals surface area contributed by atoms with E-state index in [1.165, 1.54) is 26.1 Å². The molecule has 0 aromatic heterocycles. The van der Waals surface area contributed by atoms with E-state index >= 15 is 0 Å². The lowest BCUT2D eigenvalue weighted by Crippen LogP contribution is -2.53. The van der Waals surface area contributed by atoms with Crippen molar-refractivity contribution in [2.45, 2.75) is 34.1 Å².